The van der Waals surface area contributed by atoms with Crippen LogP contribution in [0.4, 0.5) is 4.79 Å². The molecular weight excluding hydrogens is 524 g/mol. The van der Waals surface area contributed by atoms with Crippen LogP contribution in [0.25, 0.3) is 0 Å². The normalized spacial score (nSPS) is 24.6. The summed E-state index contributed by atoms with van der Waals surface area (Å²) < 4.78 is 14.2. The fraction of sp³-hybridized carbons (Fsp3) is 0.815. The van der Waals surface area contributed by atoms with E-state index >= 15 is 0 Å². The van der Waals surface area contributed by atoms with Gasteiger partial charge in [-0.3, -0.25) is 19.3 Å². The molecule has 3 heterocycles. The Kier molecular flexibility index (Phi) is 15.5. The molecule has 3 aliphatic heterocycles. The lowest BCUT2D eigenvalue weighted by Gasteiger charge is -2.32. The molecule has 0 aromatic carbocycles. The monoisotopic (exact) mass is 572 g/mol. The second kappa shape index (κ2) is 17.7. The van der Waals surface area contributed by atoms with Crippen LogP contribution >= 0.6 is 0 Å². The maximum Gasteiger partial charge on any atom is 0.407 e. The van der Waals surface area contributed by atoms with Crippen molar-refractivity contribution in [1.82, 2.24) is 20.4 Å². The van der Waals surface area contributed by atoms with E-state index in [4.69, 9.17) is 9.84 Å². The predicted molar refractivity (Wildman–Crippen MR) is 146 cm³/mol. The van der Waals surface area contributed by atoms with E-state index in [2.05, 4.69) is 20.1 Å². The number of methoxy groups -OCH3 is 2. The molecule has 0 bridgehead atoms. The van der Waals surface area contributed by atoms with Gasteiger partial charge in [-0.15, -0.1) is 0 Å². The third kappa shape index (κ3) is 10.6. The highest BCUT2D eigenvalue weighted by atomic mass is 16.5. The number of ether oxygens (including phenoxy) is 3. The first kappa shape index (κ1) is 35.1. The van der Waals surface area contributed by atoms with Gasteiger partial charge in [-0.1, -0.05) is 13.8 Å². The van der Waals surface area contributed by atoms with Crippen molar-refractivity contribution in [3.63, 3.8) is 0 Å². The van der Waals surface area contributed by atoms with Gasteiger partial charge in [-0.05, 0) is 78.4 Å². The summed E-state index contributed by atoms with van der Waals surface area (Å²) in [5, 5.41) is 14.1. The van der Waals surface area contributed by atoms with E-state index in [0.717, 1.165) is 45.2 Å². The number of likely N-dealkylation sites (tertiary alicyclic amines) is 2. The van der Waals surface area contributed by atoms with Crippen LogP contribution in [0.15, 0.2) is 0 Å². The Morgan fingerprint density at radius 1 is 0.975 bits per heavy atom. The van der Waals surface area contributed by atoms with Gasteiger partial charge >= 0.3 is 24.0 Å². The molecule has 0 spiro atoms. The molecule has 5 atom stereocenters. The molecule has 3 fully saturated rings. The molecule has 13 nitrogen and oxygen atoms in total. The van der Waals surface area contributed by atoms with Crippen molar-refractivity contribution in [2.24, 2.45) is 5.92 Å². The van der Waals surface area contributed by atoms with E-state index in [1.807, 2.05) is 32.7 Å². The summed E-state index contributed by atoms with van der Waals surface area (Å²) in [4.78, 5) is 60.8. The molecule has 3 saturated heterocycles. The van der Waals surface area contributed by atoms with E-state index in [0.29, 0.717) is 6.42 Å². The van der Waals surface area contributed by atoms with Crippen molar-refractivity contribution in [3.8, 4) is 0 Å². The molecule has 0 saturated carbocycles. The molecule has 0 aromatic heterocycles. The van der Waals surface area contributed by atoms with Crippen LogP contribution in [0.3, 0.4) is 0 Å². The van der Waals surface area contributed by atoms with Crippen molar-refractivity contribution in [2.75, 3.05) is 41.0 Å². The Labute approximate surface area is 237 Å². The van der Waals surface area contributed by atoms with Gasteiger partial charge in [0.1, 0.15) is 24.2 Å². The zero-order valence-corrected chi connectivity index (χ0v) is 24.9. The summed E-state index contributed by atoms with van der Waals surface area (Å²) in [6.45, 7) is 9.44. The number of alkyl carbamates (subject to hydrolysis) is 1. The van der Waals surface area contributed by atoms with Crippen molar-refractivity contribution in [1.29, 1.82) is 0 Å². The molecule has 3 rings (SSSR count). The highest BCUT2D eigenvalue weighted by Crippen LogP contribution is 2.27. The van der Waals surface area contributed by atoms with Gasteiger partial charge in [-0.2, -0.15) is 0 Å². The van der Waals surface area contributed by atoms with Crippen molar-refractivity contribution >= 4 is 29.9 Å². The Balaban J connectivity index is 0.000000361. The van der Waals surface area contributed by atoms with Crippen molar-refractivity contribution in [3.05, 3.63) is 0 Å². The number of hydrogen-bond acceptors (Lipinski definition) is 10. The number of carboxylic acid groups (broad SMARTS) is 1. The maximum absolute atomic E-state index is 12.8. The molecule has 0 aliphatic carbocycles. The van der Waals surface area contributed by atoms with Gasteiger partial charge in [-0.25, -0.2) is 9.59 Å². The minimum atomic E-state index is -0.732. The number of amides is 2. The molecule has 230 valence electrons. The smallest absolute Gasteiger partial charge is 0.407 e. The van der Waals surface area contributed by atoms with Crippen LogP contribution in [0.5, 0.6) is 0 Å². The predicted octanol–water partition coefficient (Wildman–Crippen LogP) is 1.39. The van der Waals surface area contributed by atoms with E-state index in [1.54, 1.807) is 11.8 Å². The van der Waals surface area contributed by atoms with E-state index in [1.165, 1.54) is 14.2 Å². The number of carbonyl (C=O) groups excluding carboxylic acids is 4. The van der Waals surface area contributed by atoms with Gasteiger partial charge in [0, 0.05) is 6.04 Å². The van der Waals surface area contributed by atoms with Gasteiger partial charge in [0.15, 0.2) is 0 Å². The van der Waals surface area contributed by atoms with E-state index < -0.39 is 24.1 Å². The number of esters is 2. The summed E-state index contributed by atoms with van der Waals surface area (Å²) >= 11 is 0. The minimum Gasteiger partial charge on any atom is -0.480 e. The maximum atomic E-state index is 12.8. The molecular formula is C27H48N4O9. The van der Waals surface area contributed by atoms with Gasteiger partial charge in [0.25, 0.3) is 0 Å². The summed E-state index contributed by atoms with van der Waals surface area (Å²) in [6.07, 6.45) is 4.49. The van der Waals surface area contributed by atoms with Crippen LogP contribution in [0.1, 0.15) is 66.2 Å². The average Bonchev–Trinajstić information content (AvgIpc) is 3.68. The van der Waals surface area contributed by atoms with Crippen LogP contribution in [-0.4, -0.2) is 116 Å². The molecule has 2 unspecified atom stereocenters. The quantitative estimate of drug-likeness (QED) is 0.298. The van der Waals surface area contributed by atoms with Crippen LogP contribution in [-0.2, 0) is 33.4 Å². The number of aliphatic carboxylic acids is 1. The summed E-state index contributed by atoms with van der Waals surface area (Å²) in [5.41, 5.74) is 0. The number of carbonyl (C=O) groups is 5. The topological polar surface area (TPSA) is 164 Å². The zero-order valence-electron chi connectivity index (χ0n) is 24.9. The highest BCUT2D eigenvalue weighted by Gasteiger charge is 2.43. The van der Waals surface area contributed by atoms with E-state index in [-0.39, 0.29) is 48.5 Å². The number of hydrogen-bond donors (Lipinski definition) is 3. The van der Waals surface area contributed by atoms with Gasteiger partial charge < -0.3 is 34.9 Å². The number of likely N-dealkylation sites (N-methyl/N-ethyl adjacent to an activating group) is 1. The minimum absolute atomic E-state index is 0.0324. The lowest BCUT2D eigenvalue weighted by Crippen LogP contribution is -2.55. The first-order valence-electron chi connectivity index (χ1n) is 14.0. The third-order valence-corrected chi connectivity index (χ3v) is 7.22. The number of carboxylic acids is 1. The Bertz CT molecular complexity index is 848. The van der Waals surface area contributed by atoms with Crippen molar-refractivity contribution in [2.45, 2.75) is 96.4 Å². The number of rotatable bonds is 7. The second-order valence-electron chi connectivity index (χ2n) is 10.4. The Morgan fingerprint density at radius 2 is 1.65 bits per heavy atom. The first-order chi connectivity index (χ1) is 18.9. The SMILES string of the molecule is CCOC(=O)[C@@H]1CC[C@H](C)N1C(=O)[C@@H](NC(=O)OC)C(C)C.CN1CCCC1C(=O)O.COC(=O)C1CCCN1. The lowest BCUT2D eigenvalue weighted by atomic mass is 10.0. The summed E-state index contributed by atoms with van der Waals surface area (Å²) in [6, 6.07) is -1.63. The number of nitrogens with zero attached hydrogens (tertiary/aromatic N) is 2. The zero-order chi connectivity index (χ0) is 30.4. The first-order valence-corrected chi connectivity index (χ1v) is 14.0. The molecule has 3 aliphatic rings. The van der Waals surface area contributed by atoms with Crippen LogP contribution in [0.2, 0.25) is 0 Å². The second-order valence-corrected chi connectivity index (χ2v) is 10.4. The van der Waals surface area contributed by atoms with Gasteiger partial charge in [0.2, 0.25) is 5.91 Å². The molecule has 3 N–H and O–H groups in total. The third-order valence-electron chi connectivity index (χ3n) is 7.22. The Morgan fingerprint density at radius 3 is 2.08 bits per heavy atom. The standard InChI is InChI=1S/C15H26N2O5.2C6H11NO2/c1-6-22-14(19)11-8-7-10(4)17(11)13(18)12(9(2)3)16-15(20)21-5;1-9-6(8)5-3-2-4-7-5;1-7-4-2-3-5(7)6(8)9/h9-12H,6-8H2,1-5H3,(H,16,20);5,7H,2-4H2,1H3;5H,2-4H2,1H3,(H,8,9)/t10-,11-,12-;;/m0../s1. The van der Waals surface area contributed by atoms with Crippen LogP contribution in [0, 0.1) is 5.92 Å². The molecule has 13 heteroatoms. The summed E-state index contributed by atoms with van der Waals surface area (Å²) in [5.74, 6) is -1.60. The lowest BCUT2D eigenvalue weighted by molar-refractivity contribution is -0.155. The van der Waals surface area contributed by atoms with Gasteiger partial charge in [0.05, 0.1) is 20.8 Å². The van der Waals surface area contributed by atoms with Crippen molar-refractivity contribution < 1.29 is 43.3 Å². The van der Waals surface area contributed by atoms with Crippen LogP contribution < -0.4 is 10.6 Å². The summed E-state index contributed by atoms with van der Waals surface area (Å²) in [7, 11) is 4.52. The molecule has 0 radical (unpaired) electrons. The average molecular weight is 573 g/mol. The molecule has 2 amide bonds. The molecule has 40 heavy (non-hydrogen) atoms. The fourth-order valence-corrected chi connectivity index (χ4v) is 4.94. The number of nitrogens with one attached hydrogen (secondary N) is 2. The largest absolute Gasteiger partial charge is 0.480 e. The van der Waals surface area contributed by atoms with E-state index in [9.17, 15) is 24.0 Å². The Hall–Kier alpha value is -2.93. The fourth-order valence-electron chi connectivity index (χ4n) is 4.94. The molecule has 0 aromatic rings. The highest BCUT2D eigenvalue weighted by molar-refractivity contribution is 5.90.